The number of hydrogen-bond acceptors (Lipinski definition) is 1. The first-order valence-corrected chi connectivity index (χ1v) is 8.78. The van der Waals surface area contributed by atoms with Crippen LogP contribution in [0.2, 0.25) is 0 Å². The monoisotopic (exact) mass is 307 g/mol. The summed E-state index contributed by atoms with van der Waals surface area (Å²) in [6.45, 7) is 9.17. The predicted molar refractivity (Wildman–Crippen MR) is 98.9 cm³/mol. The van der Waals surface area contributed by atoms with Crippen LogP contribution in [0.3, 0.4) is 0 Å². The standard InChI is InChI=1S/C22H29N/c1-17(15-20-9-5-8-19(16-20)12-14-23)10-11-21-18(2)7-6-13-22(21,3)4/h10-12,15-16H,5-9,13H2,1-4H3/b11-10+,17-15-,19-12-. The molecule has 0 saturated heterocycles. The largest absolute Gasteiger partial charge is 0.193 e. The molecule has 2 rings (SSSR count). The molecule has 0 bridgehead atoms. The zero-order valence-corrected chi connectivity index (χ0v) is 15.1. The molecule has 0 atom stereocenters. The van der Waals surface area contributed by atoms with Crippen LogP contribution in [0.15, 0.2) is 58.2 Å². The maximum absolute atomic E-state index is 8.80. The Bertz CT molecular complexity index is 642. The summed E-state index contributed by atoms with van der Waals surface area (Å²) >= 11 is 0. The highest BCUT2D eigenvalue weighted by Gasteiger charge is 2.26. The third-order valence-electron chi connectivity index (χ3n) is 5.02. The molecule has 0 amide bonds. The minimum absolute atomic E-state index is 0.298. The van der Waals surface area contributed by atoms with Gasteiger partial charge in [0.2, 0.25) is 0 Å². The van der Waals surface area contributed by atoms with Crippen LogP contribution >= 0.6 is 0 Å². The first-order valence-electron chi connectivity index (χ1n) is 8.78. The summed E-state index contributed by atoms with van der Waals surface area (Å²) in [5.41, 5.74) is 7.14. The van der Waals surface area contributed by atoms with Crippen LogP contribution in [0, 0.1) is 16.7 Å². The van der Waals surface area contributed by atoms with E-state index >= 15 is 0 Å². The third-order valence-corrected chi connectivity index (χ3v) is 5.02. The molecule has 2 aliphatic carbocycles. The maximum Gasteiger partial charge on any atom is 0.0914 e. The van der Waals surface area contributed by atoms with Crippen LogP contribution in [0.25, 0.3) is 0 Å². The average Bonchev–Trinajstić information content (AvgIpc) is 2.46. The van der Waals surface area contributed by atoms with Gasteiger partial charge in [-0.25, -0.2) is 0 Å². The van der Waals surface area contributed by atoms with E-state index in [1.165, 1.54) is 36.0 Å². The quantitative estimate of drug-likeness (QED) is 0.427. The van der Waals surface area contributed by atoms with Gasteiger partial charge in [0, 0.05) is 6.08 Å². The zero-order chi connectivity index (χ0) is 16.9. The Morgan fingerprint density at radius 1 is 1.22 bits per heavy atom. The Morgan fingerprint density at radius 3 is 2.70 bits per heavy atom. The molecule has 2 aliphatic rings. The van der Waals surface area contributed by atoms with Gasteiger partial charge < -0.3 is 0 Å². The van der Waals surface area contributed by atoms with E-state index in [1.54, 1.807) is 11.6 Å². The van der Waals surface area contributed by atoms with Crippen molar-refractivity contribution in [3.63, 3.8) is 0 Å². The van der Waals surface area contributed by atoms with Crippen molar-refractivity contribution in [3.05, 3.63) is 58.2 Å². The minimum atomic E-state index is 0.298. The molecule has 0 saturated carbocycles. The molecule has 0 aliphatic heterocycles. The van der Waals surface area contributed by atoms with Gasteiger partial charge in [0.05, 0.1) is 6.07 Å². The second-order valence-electron chi connectivity index (χ2n) is 7.57. The third kappa shape index (κ3) is 4.83. The Labute approximate surface area is 141 Å². The Kier molecular flexibility index (Phi) is 5.83. The van der Waals surface area contributed by atoms with Crippen LogP contribution in [0.1, 0.15) is 66.2 Å². The van der Waals surface area contributed by atoms with E-state index in [0.717, 1.165) is 24.8 Å². The zero-order valence-electron chi connectivity index (χ0n) is 15.1. The number of hydrogen-bond donors (Lipinski definition) is 0. The Morgan fingerprint density at radius 2 is 2.00 bits per heavy atom. The van der Waals surface area contributed by atoms with Gasteiger partial charge >= 0.3 is 0 Å². The normalized spacial score (nSPS) is 24.0. The second kappa shape index (κ2) is 7.64. The van der Waals surface area contributed by atoms with E-state index < -0.39 is 0 Å². The van der Waals surface area contributed by atoms with Crippen molar-refractivity contribution in [2.75, 3.05) is 0 Å². The van der Waals surface area contributed by atoms with E-state index in [2.05, 4.69) is 58.1 Å². The molecule has 1 nitrogen and oxygen atoms in total. The van der Waals surface area contributed by atoms with Crippen molar-refractivity contribution < 1.29 is 0 Å². The summed E-state index contributed by atoms with van der Waals surface area (Å²) in [6.07, 6.45) is 17.8. The SMILES string of the molecule is CC1=C(/C=C/C(C)=C\C2=CC(=C\C#N)/CCC2)C(C)(C)CCC1. The van der Waals surface area contributed by atoms with Gasteiger partial charge in [-0.05, 0) is 74.5 Å². The van der Waals surface area contributed by atoms with Crippen LogP contribution < -0.4 is 0 Å². The highest BCUT2D eigenvalue weighted by Crippen LogP contribution is 2.40. The van der Waals surface area contributed by atoms with Crippen molar-refractivity contribution in [3.8, 4) is 6.07 Å². The topological polar surface area (TPSA) is 23.8 Å². The van der Waals surface area contributed by atoms with Gasteiger partial charge in [-0.1, -0.05) is 49.3 Å². The van der Waals surface area contributed by atoms with Gasteiger partial charge in [-0.3, -0.25) is 0 Å². The number of rotatable bonds is 3. The fourth-order valence-electron chi connectivity index (χ4n) is 3.76. The first kappa shape index (κ1) is 17.5. The number of nitriles is 1. The number of nitrogens with zero attached hydrogens (tertiary/aromatic N) is 1. The minimum Gasteiger partial charge on any atom is -0.193 e. The average molecular weight is 307 g/mol. The summed E-state index contributed by atoms with van der Waals surface area (Å²) in [5, 5.41) is 8.80. The highest BCUT2D eigenvalue weighted by molar-refractivity contribution is 5.41. The summed E-state index contributed by atoms with van der Waals surface area (Å²) in [7, 11) is 0. The van der Waals surface area contributed by atoms with E-state index in [9.17, 15) is 0 Å². The Hall–Kier alpha value is -1.81. The molecule has 0 radical (unpaired) electrons. The molecule has 23 heavy (non-hydrogen) atoms. The molecule has 0 aromatic carbocycles. The van der Waals surface area contributed by atoms with Crippen molar-refractivity contribution in [2.24, 2.45) is 5.41 Å². The molecule has 0 N–H and O–H groups in total. The predicted octanol–water partition coefficient (Wildman–Crippen LogP) is 6.58. The van der Waals surface area contributed by atoms with E-state index in [0.29, 0.717) is 5.41 Å². The first-order chi connectivity index (χ1) is 10.9. The van der Waals surface area contributed by atoms with Crippen LogP contribution in [-0.2, 0) is 0 Å². The number of allylic oxidation sites excluding steroid dienone is 10. The lowest BCUT2D eigenvalue weighted by Crippen LogP contribution is -2.19. The lowest BCUT2D eigenvalue weighted by molar-refractivity contribution is 0.377. The fourth-order valence-corrected chi connectivity index (χ4v) is 3.76. The van der Waals surface area contributed by atoms with Crippen LogP contribution in [0.5, 0.6) is 0 Å². The lowest BCUT2D eigenvalue weighted by atomic mass is 9.72. The molecule has 1 heteroatoms. The van der Waals surface area contributed by atoms with Crippen LogP contribution in [0.4, 0.5) is 0 Å². The van der Waals surface area contributed by atoms with Crippen LogP contribution in [-0.4, -0.2) is 0 Å². The van der Waals surface area contributed by atoms with Gasteiger partial charge in [-0.2, -0.15) is 5.26 Å². The van der Waals surface area contributed by atoms with Crippen molar-refractivity contribution >= 4 is 0 Å². The van der Waals surface area contributed by atoms with E-state index in [1.807, 2.05) is 0 Å². The molecule has 0 heterocycles. The molecule has 0 spiro atoms. The van der Waals surface area contributed by atoms with E-state index in [4.69, 9.17) is 5.26 Å². The summed E-state index contributed by atoms with van der Waals surface area (Å²) in [6, 6.07) is 2.15. The molecule has 0 unspecified atom stereocenters. The van der Waals surface area contributed by atoms with Crippen molar-refractivity contribution in [2.45, 2.75) is 66.2 Å². The maximum atomic E-state index is 8.80. The smallest absolute Gasteiger partial charge is 0.0914 e. The molecular weight excluding hydrogens is 278 g/mol. The van der Waals surface area contributed by atoms with E-state index in [-0.39, 0.29) is 0 Å². The van der Waals surface area contributed by atoms with Gasteiger partial charge in [0.25, 0.3) is 0 Å². The van der Waals surface area contributed by atoms with Crippen molar-refractivity contribution in [1.29, 1.82) is 5.26 Å². The lowest BCUT2D eigenvalue weighted by Gasteiger charge is -2.33. The van der Waals surface area contributed by atoms with Gasteiger partial charge in [0.15, 0.2) is 0 Å². The van der Waals surface area contributed by atoms with Gasteiger partial charge in [0.1, 0.15) is 0 Å². The molecule has 0 aromatic rings. The molecule has 0 aromatic heterocycles. The second-order valence-corrected chi connectivity index (χ2v) is 7.57. The molecule has 122 valence electrons. The summed E-state index contributed by atoms with van der Waals surface area (Å²) in [4.78, 5) is 0. The molecule has 0 fully saturated rings. The fraction of sp³-hybridized carbons (Fsp3) is 0.500. The summed E-state index contributed by atoms with van der Waals surface area (Å²) < 4.78 is 0. The molecular formula is C22H29N. The summed E-state index contributed by atoms with van der Waals surface area (Å²) in [5.74, 6) is 0. The van der Waals surface area contributed by atoms with Gasteiger partial charge in [-0.15, -0.1) is 0 Å². The highest BCUT2D eigenvalue weighted by atomic mass is 14.3. The van der Waals surface area contributed by atoms with Crippen molar-refractivity contribution in [1.82, 2.24) is 0 Å². The Balaban J connectivity index is 2.17.